The maximum Gasteiger partial charge on any atom is 0.573 e. The molecule has 28 heavy (non-hydrogen) atoms. The molecule has 0 N–H and O–H groups in total. The summed E-state index contributed by atoms with van der Waals surface area (Å²) in [5.74, 6) is -0.173. The van der Waals surface area contributed by atoms with Gasteiger partial charge in [-0.1, -0.05) is 24.3 Å². The van der Waals surface area contributed by atoms with Gasteiger partial charge in [-0.15, -0.1) is 13.2 Å². The van der Waals surface area contributed by atoms with Crippen molar-refractivity contribution in [3.63, 3.8) is 0 Å². The van der Waals surface area contributed by atoms with Crippen LogP contribution in [0.2, 0.25) is 0 Å². The lowest BCUT2D eigenvalue weighted by atomic mass is 10.2. The first-order valence-electron chi connectivity index (χ1n) is 8.91. The van der Waals surface area contributed by atoms with E-state index in [1.165, 1.54) is 17.6 Å². The van der Waals surface area contributed by atoms with Gasteiger partial charge in [-0.25, -0.2) is 4.98 Å². The first-order chi connectivity index (χ1) is 13.4. The van der Waals surface area contributed by atoms with Crippen molar-refractivity contribution < 1.29 is 22.6 Å². The Hall–Kier alpha value is -2.58. The van der Waals surface area contributed by atoms with Crippen molar-refractivity contribution in [2.45, 2.75) is 12.9 Å². The van der Waals surface area contributed by atoms with Crippen LogP contribution < -0.4 is 4.74 Å². The van der Waals surface area contributed by atoms with Crippen LogP contribution in [0.3, 0.4) is 0 Å². The summed E-state index contributed by atoms with van der Waals surface area (Å²) in [5.41, 5.74) is 3.05. The van der Waals surface area contributed by atoms with Gasteiger partial charge in [0.1, 0.15) is 5.75 Å². The Kier molecular flexibility index (Phi) is 6.53. The molecule has 3 aromatic rings. The second-order valence-corrected chi connectivity index (χ2v) is 6.43. The summed E-state index contributed by atoms with van der Waals surface area (Å²) >= 11 is 0. The Balaban J connectivity index is 0.000000188. The molecular weight excluding hydrogens is 371 g/mol. The zero-order chi connectivity index (χ0) is 20.0. The molecule has 1 saturated heterocycles. The van der Waals surface area contributed by atoms with Crippen LogP contribution in [-0.4, -0.2) is 47.1 Å². The minimum absolute atomic E-state index is 0.173. The number of fused-ring (bicyclic) bond motifs is 1. The van der Waals surface area contributed by atoms with Gasteiger partial charge in [0.2, 0.25) is 0 Å². The molecule has 1 aromatic heterocycles. The highest BCUT2D eigenvalue weighted by atomic mass is 19.4. The maximum atomic E-state index is 12.1. The molecule has 8 heteroatoms. The van der Waals surface area contributed by atoms with Crippen molar-refractivity contribution in [3.8, 4) is 5.75 Å². The topological polar surface area (TPSA) is 39.5 Å². The summed E-state index contributed by atoms with van der Waals surface area (Å²) in [7, 11) is 2.00. The summed E-state index contributed by atoms with van der Waals surface area (Å²) in [6, 6.07) is 14.2. The second-order valence-electron chi connectivity index (χ2n) is 6.43. The van der Waals surface area contributed by atoms with Gasteiger partial charge in [-0.05, 0) is 29.8 Å². The van der Waals surface area contributed by atoms with Crippen molar-refractivity contribution in [1.29, 1.82) is 0 Å². The third-order valence-electron chi connectivity index (χ3n) is 4.27. The molecule has 0 bridgehead atoms. The van der Waals surface area contributed by atoms with Crippen LogP contribution >= 0.6 is 0 Å². The number of morpholine rings is 1. The van der Waals surface area contributed by atoms with Crippen molar-refractivity contribution in [1.82, 2.24) is 14.5 Å². The summed E-state index contributed by atoms with van der Waals surface area (Å²) in [6.45, 7) is 3.53. The molecule has 1 aliphatic heterocycles. The van der Waals surface area contributed by atoms with Crippen molar-refractivity contribution >= 4 is 11.0 Å². The third-order valence-corrected chi connectivity index (χ3v) is 4.27. The highest BCUT2D eigenvalue weighted by Gasteiger charge is 2.31. The fourth-order valence-electron chi connectivity index (χ4n) is 2.94. The van der Waals surface area contributed by atoms with E-state index in [9.17, 15) is 13.2 Å². The quantitative estimate of drug-likeness (QED) is 0.675. The van der Waals surface area contributed by atoms with Crippen molar-refractivity contribution in [2.75, 3.05) is 26.3 Å². The Morgan fingerprint density at radius 2 is 1.82 bits per heavy atom. The Labute approximate surface area is 161 Å². The molecule has 5 nitrogen and oxygen atoms in total. The number of ether oxygens (including phenoxy) is 2. The molecule has 0 spiro atoms. The number of benzene rings is 2. The number of aromatic nitrogens is 2. The first-order valence-corrected chi connectivity index (χ1v) is 8.91. The van der Waals surface area contributed by atoms with E-state index in [1.54, 1.807) is 12.1 Å². The standard InChI is InChI=1S/C12H14F3NO2.C8H8N2/c13-12(14,15)18-11-3-1-2-10(8-11)9-16-4-6-17-7-5-16;1-10-6-9-7-4-2-3-5-8(7)10/h1-3,8H,4-7,9H2;2-6H,1H3. The summed E-state index contributed by atoms with van der Waals surface area (Å²) < 4.78 is 47.4. The highest BCUT2D eigenvalue weighted by Crippen LogP contribution is 2.23. The third kappa shape index (κ3) is 5.97. The summed E-state index contributed by atoms with van der Waals surface area (Å²) in [6.07, 6.45) is -2.82. The van der Waals surface area contributed by atoms with E-state index in [1.807, 2.05) is 36.1 Å². The summed E-state index contributed by atoms with van der Waals surface area (Å²) in [5, 5.41) is 0. The molecule has 0 radical (unpaired) electrons. The Bertz CT molecular complexity index is 890. The van der Waals surface area contributed by atoms with Gasteiger partial charge in [0, 0.05) is 26.7 Å². The number of nitrogens with zero attached hydrogens (tertiary/aromatic N) is 3. The second kappa shape index (κ2) is 9.07. The molecule has 2 aromatic carbocycles. The van der Waals surface area contributed by atoms with Gasteiger partial charge in [0.05, 0.1) is 30.6 Å². The smallest absolute Gasteiger partial charge is 0.406 e. The van der Waals surface area contributed by atoms with E-state index < -0.39 is 6.36 Å². The molecule has 2 heterocycles. The average molecular weight is 393 g/mol. The van der Waals surface area contributed by atoms with Crippen LogP contribution in [0.1, 0.15) is 5.56 Å². The molecule has 0 atom stereocenters. The predicted molar refractivity (Wildman–Crippen MR) is 99.9 cm³/mol. The van der Waals surface area contributed by atoms with E-state index in [0.29, 0.717) is 19.8 Å². The summed E-state index contributed by atoms with van der Waals surface area (Å²) in [4.78, 5) is 6.32. The average Bonchev–Trinajstić information content (AvgIpc) is 3.04. The molecule has 1 aliphatic rings. The zero-order valence-electron chi connectivity index (χ0n) is 15.5. The van der Waals surface area contributed by atoms with Gasteiger partial charge in [0.15, 0.2) is 0 Å². The van der Waals surface area contributed by atoms with Gasteiger partial charge in [0.25, 0.3) is 0 Å². The molecule has 0 unspecified atom stereocenters. The molecular formula is C20H22F3N3O2. The van der Waals surface area contributed by atoms with Gasteiger partial charge >= 0.3 is 6.36 Å². The van der Waals surface area contributed by atoms with E-state index in [2.05, 4.69) is 20.7 Å². The van der Waals surface area contributed by atoms with E-state index in [4.69, 9.17) is 4.74 Å². The van der Waals surface area contributed by atoms with E-state index in [0.717, 1.165) is 24.2 Å². The maximum absolute atomic E-state index is 12.1. The lowest BCUT2D eigenvalue weighted by Gasteiger charge is -2.26. The fourth-order valence-corrected chi connectivity index (χ4v) is 2.94. The van der Waals surface area contributed by atoms with Gasteiger partial charge < -0.3 is 14.0 Å². The van der Waals surface area contributed by atoms with E-state index in [-0.39, 0.29) is 5.75 Å². The molecule has 150 valence electrons. The normalized spacial score (nSPS) is 15.1. The molecule has 1 fully saturated rings. The number of hydrogen-bond donors (Lipinski definition) is 0. The van der Waals surface area contributed by atoms with Crippen LogP contribution in [0.4, 0.5) is 13.2 Å². The number of imidazole rings is 1. The Morgan fingerprint density at radius 3 is 2.54 bits per heavy atom. The Morgan fingerprint density at radius 1 is 1.07 bits per heavy atom. The number of para-hydroxylation sites is 2. The molecule has 4 rings (SSSR count). The van der Waals surface area contributed by atoms with Crippen LogP contribution in [0.25, 0.3) is 11.0 Å². The predicted octanol–water partition coefficient (Wildman–Crippen LogP) is 3.99. The zero-order valence-corrected chi connectivity index (χ0v) is 15.5. The first kappa shape index (κ1) is 20.2. The monoisotopic (exact) mass is 393 g/mol. The minimum atomic E-state index is -4.64. The van der Waals surface area contributed by atoms with Crippen LogP contribution in [0.15, 0.2) is 54.9 Å². The minimum Gasteiger partial charge on any atom is -0.406 e. The fraction of sp³-hybridized carbons (Fsp3) is 0.350. The van der Waals surface area contributed by atoms with Crippen LogP contribution in [-0.2, 0) is 18.3 Å². The highest BCUT2D eigenvalue weighted by molar-refractivity contribution is 5.74. The van der Waals surface area contributed by atoms with E-state index >= 15 is 0 Å². The van der Waals surface area contributed by atoms with Crippen LogP contribution in [0.5, 0.6) is 5.75 Å². The molecule has 0 amide bonds. The number of halogens is 3. The largest absolute Gasteiger partial charge is 0.573 e. The lowest BCUT2D eigenvalue weighted by molar-refractivity contribution is -0.274. The molecule has 0 saturated carbocycles. The number of rotatable bonds is 3. The van der Waals surface area contributed by atoms with Gasteiger partial charge in [-0.2, -0.15) is 0 Å². The van der Waals surface area contributed by atoms with Crippen LogP contribution in [0, 0.1) is 0 Å². The number of aryl methyl sites for hydroxylation is 1. The van der Waals surface area contributed by atoms with Crippen molar-refractivity contribution in [3.05, 3.63) is 60.4 Å². The van der Waals surface area contributed by atoms with Crippen molar-refractivity contribution in [2.24, 2.45) is 7.05 Å². The number of alkyl halides is 3. The lowest BCUT2D eigenvalue weighted by Crippen LogP contribution is -2.35. The number of hydrogen-bond acceptors (Lipinski definition) is 4. The SMILES string of the molecule is Cn1cnc2ccccc21.FC(F)(F)Oc1cccc(CN2CCOCC2)c1. The molecule has 0 aliphatic carbocycles. The van der Waals surface area contributed by atoms with Gasteiger partial charge in [-0.3, -0.25) is 4.90 Å².